The lowest BCUT2D eigenvalue weighted by atomic mass is 9.89. The zero-order valence-corrected chi connectivity index (χ0v) is 13.9. The summed E-state index contributed by atoms with van der Waals surface area (Å²) < 4.78 is 3.95. The fourth-order valence-corrected chi connectivity index (χ4v) is 5.43. The molecule has 4 aromatic heterocycles. The Hall–Kier alpha value is -1.67. The van der Waals surface area contributed by atoms with E-state index >= 15 is 0 Å². The highest BCUT2D eigenvalue weighted by Crippen LogP contribution is 2.40. The molecule has 112 valence electrons. The summed E-state index contributed by atoms with van der Waals surface area (Å²) in [6.07, 6.45) is 7.17. The maximum Gasteiger partial charge on any atom is 0.260 e. The van der Waals surface area contributed by atoms with Crippen LogP contribution in [0.5, 0.6) is 0 Å². The minimum absolute atomic E-state index is 0.746. The first-order chi connectivity index (χ1) is 10.8. The Bertz CT molecular complexity index is 1030. The first-order valence-electron chi connectivity index (χ1n) is 7.33. The van der Waals surface area contributed by atoms with Gasteiger partial charge in [0.15, 0.2) is 10.8 Å². The number of fused-ring (bicyclic) bond motifs is 8. The van der Waals surface area contributed by atoms with Gasteiger partial charge in [-0.05, 0) is 37.0 Å². The minimum atomic E-state index is 0.746. The summed E-state index contributed by atoms with van der Waals surface area (Å²) in [5.74, 6) is 1.50. The molecule has 22 heavy (non-hydrogen) atoms. The van der Waals surface area contributed by atoms with Crippen LogP contribution in [0.3, 0.4) is 0 Å². The van der Waals surface area contributed by atoms with Crippen molar-refractivity contribution in [3.8, 4) is 0 Å². The zero-order valence-electron chi connectivity index (χ0n) is 12.3. The zero-order chi connectivity index (χ0) is 14.8. The van der Waals surface area contributed by atoms with Crippen LogP contribution in [0.15, 0.2) is 11.5 Å². The summed E-state index contributed by atoms with van der Waals surface area (Å²) in [6.45, 7) is 2.33. The Labute approximate surface area is 134 Å². The van der Waals surface area contributed by atoms with Crippen molar-refractivity contribution in [2.75, 3.05) is 6.26 Å². The molecule has 0 N–H and O–H groups in total. The summed E-state index contributed by atoms with van der Waals surface area (Å²) in [4.78, 5) is 7.21. The van der Waals surface area contributed by atoms with Crippen LogP contribution in [0.2, 0.25) is 0 Å². The molecule has 0 radical (unpaired) electrons. The first-order valence-corrected chi connectivity index (χ1v) is 9.37. The van der Waals surface area contributed by atoms with Crippen molar-refractivity contribution in [2.45, 2.75) is 31.3 Å². The van der Waals surface area contributed by atoms with Crippen molar-refractivity contribution in [1.29, 1.82) is 0 Å². The van der Waals surface area contributed by atoms with Crippen LogP contribution in [-0.4, -0.2) is 35.5 Å². The Morgan fingerprint density at radius 2 is 2.27 bits per heavy atom. The maximum absolute atomic E-state index is 4.50. The second-order valence-corrected chi connectivity index (χ2v) is 7.71. The Morgan fingerprint density at radius 1 is 1.36 bits per heavy atom. The van der Waals surface area contributed by atoms with Gasteiger partial charge in [-0.15, -0.1) is 21.5 Å². The molecule has 0 aliphatic heterocycles. The SMILES string of the molecule is CSc1nnc2n3ncnc3c3c4c(sc3n12)C[C@H](C)CC4. The lowest BCUT2D eigenvalue weighted by Crippen LogP contribution is -2.08. The number of hydrogen-bond acceptors (Lipinski definition) is 6. The smallest absolute Gasteiger partial charge is 0.244 e. The third kappa shape index (κ3) is 1.51. The summed E-state index contributed by atoms with van der Waals surface area (Å²) >= 11 is 3.49. The van der Waals surface area contributed by atoms with E-state index in [0.717, 1.165) is 35.3 Å². The second kappa shape index (κ2) is 4.42. The number of aromatic nitrogens is 6. The van der Waals surface area contributed by atoms with Crippen molar-refractivity contribution in [1.82, 2.24) is 29.2 Å². The molecule has 0 saturated carbocycles. The molecule has 0 fully saturated rings. The predicted molar refractivity (Wildman–Crippen MR) is 87.9 cm³/mol. The van der Waals surface area contributed by atoms with Crippen molar-refractivity contribution < 1.29 is 0 Å². The fraction of sp³-hybridized carbons (Fsp3) is 0.429. The van der Waals surface area contributed by atoms with Crippen molar-refractivity contribution in [3.63, 3.8) is 0 Å². The van der Waals surface area contributed by atoms with Gasteiger partial charge < -0.3 is 0 Å². The molecule has 1 aliphatic rings. The van der Waals surface area contributed by atoms with E-state index in [1.165, 1.54) is 27.1 Å². The number of rotatable bonds is 1. The van der Waals surface area contributed by atoms with Crippen molar-refractivity contribution in [2.24, 2.45) is 5.92 Å². The Kier molecular flexibility index (Phi) is 2.58. The van der Waals surface area contributed by atoms with Crippen LogP contribution in [0.25, 0.3) is 21.6 Å². The van der Waals surface area contributed by atoms with E-state index < -0.39 is 0 Å². The van der Waals surface area contributed by atoms with Gasteiger partial charge in [-0.25, -0.2) is 9.38 Å². The molecule has 5 rings (SSSR count). The first kappa shape index (κ1) is 12.8. The number of hydrogen-bond donors (Lipinski definition) is 0. The molecule has 0 saturated heterocycles. The normalized spacial score (nSPS) is 18.5. The van der Waals surface area contributed by atoms with Gasteiger partial charge in [0, 0.05) is 4.88 Å². The van der Waals surface area contributed by atoms with Gasteiger partial charge >= 0.3 is 0 Å². The Morgan fingerprint density at radius 3 is 3.14 bits per heavy atom. The lowest BCUT2D eigenvalue weighted by molar-refractivity contribution is 0.509. The second-order valence-electron chi connectivity index (χ2n) is 5.85. The molecule has 1 atom stereocenters. The number of thioether (sulfide) groups is 1. The molecule has 1 aliphatic carbocycles. The van der Waals surface area contributed by atoms with E-state index in [9.17, 15) is 0 Å². The molecule has 4 aromatic rings. The largest absolute Gasteiger partial charge is 0.260 e. The summed E-state index contributed by atoms with van der Waals surface area (Å²) in [6, 6.07) is 0. The molecular formula is C14H14N6S2. The maximum atomic E-state index is 4.50. The van der Waals surface area contributed by atoms with Gasteiger partial charge in [0.25, 0.3) is 5.78 Å². The van der Waals surface area contributed by atoms with Crippen LogP contribution in [-0.2, 0) is 12.8 Å². The third-order valence-corrected chi connectivity index (χ3v) is 6.32. The molecular weight excluding hydrogens is 316 g/mol. The molecule has 8 heteroatoms. The van der Waals surface area contributed by atoms with Gasteiger partial charge in [-0.1, -0.05) is 18.7 Å². The van der Waals surface area contributed by atoms with E-state index in [0.29, 0.717) is 0 Å². The van der Waals surface area contributed by atoms with Crippen LogP contribution < -0.4 is 0 Å². The van der Waals surface area contributed by atoms with Crippen LogP contribution in [0, 0.1) is 5.92 Å². The van der Waals surface area contributed by atoms with Crippen molar-refractivity contribution in [3.05, 3.63) is 16.8 Å². The topological polar surface area (TPSA) is 60.4 Å². The monoisotopic (exact) mass is 330 g/mol. The summed E-state index contributed by atoms with van der Waals surface area (Å²) in [5.41, 5.74) is 2.37. The molecule has 0 aromatic carbocycles. The van der Waals surface area contributed by atoms with Crippen molar-refractivity contribution >= 4 is 44.7 Å². The van der Waals surface area contributed by atoms with Gasteiger partial charge in [-0.3, -0.25) is 0 Å². The van der Waals surface area contributed by atoms with Crippen LogP contribution in [0.1, 0.15) is 23.8 Å². The molecule has 0 spiro atoms. The molecule has 0 bridgehead atoms. The highest BCUT2D eigenvalue weighted by atomic mass is 32.2. The third-order valence-electron chi connectivity index (χ3n) is 4.46. The fourth-order valence-electron chi connectivity index (χ4n) is 3.39. The van der Waals surface area contributed by atoms with Gasteiger partial charge in [0.1, 0.15) is 11.2 Å². The van der Waals surface area contributed by atoms with E-state index in [1.54, 1.807) is 18.1 Å². The Balaban J connectivity index is 2.04. The van der Waals surface area contributed by atoms with E-state index in [2.05, 4.69) is 31.6 Å². The van der Waals surface area contributed by atoms with E-state index in [4.69, 9.17) is 0 Å². The standard InChI is InChI=1S/C14H14N6S2/c1-7-3-4-8-9(5-7)22-12-10(8)11-15-6-16-20(11)13-17-18-14(21-2)19(12)13/h6-7H,3-5H2,1-2H3/t7-/m1/s1. The average molecular weight is 330 g/mol. The van der Waals surface area contributed by atoms with E-state index in [-0.39, 0.29) is 0 Å². The lowest BCUT2D eigenvalue weighted by Gasteiger charge is -2.17. The van der Waals surface area contributed by atoms with E-state index in [1.807, 2.05) is 22.1 Å². The van der Waals surface area contributed by atoms with Gasteiger partial charge in [0.05, 0.1) is 5.39 Å². The quantitative estimate of drug-likeness (QED) is 0.502. The van der Waals surface area contributed by atoms with Crippen LogP contribution >= 0.6 is 23.1 Å². The number of nitrogens with zero attached hydrogens (tertiary/aromatic N) is 6. The molecule has 0 amide bonds. The average Bonchev–Trinajstić information content (AvgIpc) is 3.21. The highest BCUT2D eigenvalue weighted by Gasteiger charge is 2.26. The summed E-state index contributed by atoms with van der Waals surface area (Å²) in [5, 5.41) is 15.1. The minimum Gasteiger partial charge on any atom is -0.244 e. The number of thiophene rings is 1. The number of aryl methyl sites for hydroxylation is 1. The van der Waals surface area contributed by atoms with Crippen LogP contribution in [0.4, 0.5) is 0 Å². The van der Waals surface area contributed by atoms with Gasteiger partial charge in [0.2, 0.25) is 0 Å². The predicted octanol–water partition coefficient (Wildman–Crippen LogP) is 2.83. The molecule has 0 unspecified atom stereocenters. The van der Waals surface area contributed by atoms with Gasteiger partial charge in [-0.2, -0.15) is 9.61 Å². The molecule has 4 heterocycles. The highest BCUT2D eigenvalue weighted by molar-refractivity contribution is 7.98. The molecule has 6 nitrogen and oxygen atoms in total. The summed E-state index contributed by atoms with van der Waals surface area (Å²) in [7, 11) is 0.